The molecule has 2 N–H and O–H groups in total. The van der Waals surface area contributed by atoms with Crippen LogP contribution < -0.4 is 10.6 Å². The summed E-state index contributed by atoms with van der Waals surface area (Å²) in [7, 11) is 0. The normalized spacial score (nSPS) is 10.1. The van der Waals surface area contributed by atoms with Crippen LogP contribution in [0, 0.1) is 15.9 Å². The largest absolute Gasteiger partial charge is 0.331 e. The minimum Gasteiger partial charge on any atom is -0.331 e. The van der Waals surface area contributed by atoms with E-state index in [0.717, 1.165) is 16.6 Å². The van der Waals surface area contributed by atoms with E-state index in [9.17, 15) is 14.5 Å². The number of nitrogens with one attached hydrogen (secondary N) is 2. The van der Waals surface area contributed by atoms with Crippen LogP contribution in [0.25, 0.3) is 0 Å². The molecule has 0 heterocycles. The van der Waals surface area contributed by atoms with Crippen molar-refractivity contribution >= 4 is 61.9 Å². The van der Waals surface area contributed by atoms with Crippen LogP contribution in [0.4, 0.5) is 21.5 Å². The second-order valence-electron chi connectivity index (χ2n) is 4.12. The van der Waals surface area contributed by atoms with Gasteiger partial charge in [-0.25, -0.2) is 4.39 Å². The Kier molecular flexibility index (Phi) is 5.28. The van der Waals surface area contributed by atoms with E-state index in [1.807, 2.05) is 0 Å². The van der Waals surface area contributed by atoms with Crippen LogP contribution in [0.5, 0.6) is 0 Å². The number of halogens is 3. The lowest BCUT2D eigenvalue weighted by Crippen LogP contribution is -2.20. The summed E-state index contributed by atoms with van der Waals surface area (Å²) in [6, 6.07) is 8.29. The smallest absolute Gasteiger partial charge is 0.295 e. The van der Waals surface area contributed by atoms with Crippen LogP contribution in [0.3, 0.4) is 0 Å². The highest BCUT2D eigenvalue weighted by Gasteiger charge is 2.16. The third kappa shape index (κ3) is 4.12. The van der Waals surface area contributed by atoms with Crippen LogP contribution in [0.1, 0.15) is 0 Å². The van der Waals surface area contributed by atoms with E-state index in [1.54, 1.807) is 18.2 Å². The summed E-state index contributed by atoms with van der Waals surface area (Å²) in [6.45, 7) is 0. The molecule has 22 heavy (non-hydrogen) atoms. The van der Waals surface area contributed by atoms with E-state index in [0.29, 0.717) is 10.7 Å². The van der Waals surface area contributed by atoms with Gasteiger partial charge >= 0.3 is 0 Å². The van der Waals surface area contributed by atoms with Gasteiger partial charge in [-0.15, -0.1) is 0 Å². The van der Waals surface area contributed by atoms with Crippen molar-refractivity contribution in [3.05, 3.63) is 61.8 Å². The van der Waals surface area contributed by atoms with Crippen molar-refractivity contribution in [2.24, 2.45) is 0 Å². The van der Waals surface area contributed by atoms with Gasteiger partial charge in [-0.2, -0.15) is 0 Å². The highest BCUT2D eigenvalue weighted by Crippen LogP contribution is 2.27. The summed E-state index contributed by atoms with van der Waals surface area (Å²) in [5, 5.41) is 16.9. The predicted molar refractivity (Wildman–Crippen MR) is 92.0 cm³/mol. The summed E-state index contributed by atoms with van der Waals surface area (Å²) < 4.78 is 13.9. The Hall–Kier alpha value is -1.77. The van der Waals surface area contributed by atoms with Gasteiger partial charge in [-0.3, -0.25) is 10.1 Å². The second kappa shape index (κ2) is 6.99. The van der Waals surface area contributed by atoms with Gasteiger partial charge in [0.2, 0.25) is 0 Å². The predicted octanol–water partition coefficient (Wildman–Crippen LogP) is 4.96. The minimum atomic E-state index is -0.702. The highest BCUT2D eigenvalue weighted by molar-refractivity contribution is 9.10. The fourth-order valence-corrected chi connectivity index (χ4v) is 2.57. The van der Waals surface area contributed by atoms with E-state index < -0.39 is 16.4 Å². The maximum Gasteiger partial charge on any atom is 0.295 e. The Bertz CT molecular complexity index is 760. The van der Waals surface area contributed by atoms with Gasteiger partial charge in [0, 0.05) is 4.47 Å². The summed E-state index contributed by atoms with van der Waals surface area (Å²) in [5.74, 6) is -0.702. The van der Waals surface area contributed by atoms with Gasteiger partial charge in [0.1, 0.15) is 11.5 Å². The monoisotopic (exact) mass is 403 g/mol. The SMILES string of the molecule is O=[N+]([O-])c1cc(F)ccc1NC(=S)Nc1ccc(Br)cc1Cl. The molecule has 2 aromatic carbocycles. The number of anilines is 2. The van der Waals surface area contributed by atoms with E-state index in [-0.39, 0.29) is 10.8 Å². The third-order valence-electron chi connectivity index (χ3n) is 2.58. The lowest BCUT2D eigenvalue weighted by atomic mass is 10.2. The number of nitro benzene ring substituents is 1. The van der Waals surface area contributed by atoms with Crippen molar-refractivity contribution in [1.29, 1.82) is 0 Å². The zero-order valence-electron chi connectivity index (χ0n) is 10.8. The van der Waals surface area contributed by atoms with Gasteiger partial charge < -0.3 is 10.6 Å². The Morgan fingerprint density at radius 1 is 1.23 bits per heavy atom. The number of hydrogen-bond donors (Lipinski definition) is 2. The maximum absolute atomic E-state index is 13.1. The molecule has 0 aliphatic rings. The molecule has 0 aliphatic carbocycles. The lowest BCUT2D eigenvalue weighted by molar-refractivity contribution is -0.384. The molecule has 0 saturated heterocycles. The average molecular weight is 405 g/mol. The zero-order valence-corrected chi connectivity index (χ0v) is 13.9. The standard InChI is InChI=1S/C13H8BrClFN3O2S/c14-7-1-3-10(9(15)5-7)17-13(22)18-11-4-2-8(16)6-12(11)19(20)21/h1-6H,(H2,17,18,22). The first-order chi connectivity index (χ1) is 10.4. The molecule has 2 rings (SSSR count). The van der Waals surface area contributed by atoms with E-state index in [1.165, 1.54) is 6.07 Å². The summed E-state index contributed by atoms with van der Waals surface area (Å²) in [5.41, 5.74) is 0.204. The molecule has 0 aromatic heterocycles. The summed E-state index contributed by atoms with van der Waals surface area (Å²) >= 11 is 14.4. The second-order valence-corrected chi connectivity index (χ2v) is 5.85. The maximum atomic E-state index is 13.1. The third-order valence-corrected chi connectivity index (χ3v) is 3.59. The Morgan fingerprint density at radius 3 is 2.50 bits per heavy atom. The first kappa shape index (κ1) is 16.6. The fourth-order valence-electron chi connectivity index (χ4n) is 1.63. The Balaban J connectivity index is 2.17. The molecule has 0 amide bonds. The molecule has 0 aliphatic heterocycles. The molecule has 0 unspecified atom stereocenters. The zero-order chi connectivity index (χ0) is 16.3. The molecule has 0 fully saturated rings. The van der Waals surface area contributed by atoms with Crippen molar-refractivity contribution < 1.29 is 9.31 Å². The highest BCUT2D eigenvalue weighted by atomic mass is 79.9. The fraction of sp³-hybridized carbons (Fsp3) is 0. The lowest BCUT2D eigenvalue weighted by Gasteiger charge is -2.12. The molecular weight excluding hydrogens is 397 g/mol. The van der Waals surface area contributed by atoms with E-state index >= 15 is 0 Å². The number of nitro groups is 1. The van der Waals surface area contributed by atoms with Gasteiger partial charge in [0.25, 0.3) is 5.69 Å². The number of benzene rings is 2. The minimum absolute atomic E-state index is 0.0807. The van der Waals surface area contributed by atoms with E-state index in [4.69, 9.17) is 23.8 Å². The summed E-state index contributed by atoms with van der Waals surface area (Å²) in [4.78, 5) is 10.2. The first-order valence-electron chi connectivity index (χ1n) is 5.84. The van der Waals surface area contributed by atoms with Crippen LogP contribution in [0.15, 0.2) is 40.9 Å². The van der Waals surface area contributed by atoms with Crippen LogP contribution >= 0.6 is 39.7 Å². The van der Waals surface area contributed by atoms with Crippen molar-refractivity contribution in [2.75, 3.05) is 10.6 Å². The Labute approximate surface area is 143 Å². The van der Waals surface area contributed by atoms with Crippen molar-refractivity contribution in [2.45, 2.75) is 0 Å². The molecule has 0 saturated carbocycles. The molecular formula is C13H8BrClFN3O2S. The molecule has 9 heteroatoms. The first-order valence-corrected chi connectivity index (χ1v) is 7.42. The van der Waals surface area contributed by atoms with Crippen LogP contribution in [-0.2, 0) is 0 Å². The van der Waals surface area contributed by atoms with Gasteiger partial charge in [-0.1, -0.05) is 27.5 Å². The topological polar surface area (TPSA) is 67.2 Å². The van der Waals surface area contributed by atoms with E-state index in [2.05, 4.69) is 26.6 Å². The quantitative estimate of drug-likeness (QED) is 0.430. The van der Waals surface area contributed by atoms with Gasteiger partial charge in [-0.05, 0) is 42.5 Å². The average Bonchev–Trinajstić information content (AvgIpc) is 2.43. The molecule has 0 atom stereocenters. The number of rotatable bonds is 3. The van der Waals surface area contributed by atoms with Crippen molar-refractivity contribution in [3.63, 3.8) is 0 Å². The van der Waals surface area contributed by atoms with Crippen molar-refractivity contribution in [3.8, 4) is 0 Å². The molecule has 0 spiro atoms. The molecule has 114 valence electrons. The molecule has 2 aromatic rings. The number of hydrogen-bond acceptors (Lipinski definition) is 3. The summed E-state index contributed by atoms with van der Waals surface area (Å²) in [6.07, 6.45) is 0. The Morgan fingerprint density at radius 2 is 1.86 bits per heavy atom. The van der Waals surface area contributed by atoms with Crippen LogP contribution in [0.2, 0.25) is 5.02 Å². The molecule has 0 bridgehead atoms. The number of nitrogens with zero attached hydrogens (tertiary/aromatic N) is 1. The van der Waals surface area contributed by atoms with Gasteiger partial charge in [0.15, 0.2) is 5.11 Å². The van der Waals surface area contributed by atoms with Crippen LogP contribution in [-0.4, -0.2) is 10.0 Å². The van der Waals surface area contributed by atoms with Crippen molar-refractivity contribution in [1.82, 2.24) is 0 Å². The van der Waals surface area contributed by atoms with Gasteiger partial charge in [0.05, 0.1) is 21.7 Å². The molecule has 5 nitrogen and oxygen atoms in total. The number of thiocarbonyl (C=S) groups is 1. The molecule has 0 radical (unpaired) electrons.